The van der Waals surface area contributed by atoms with Crippen LogP contribution in [-0.2, 0) is 7.05 Å². The molecule has 6 nitrogen and oxygen atoms in total. The fourth-order valence-corrected chi connectivity index (χ4v) is 1.74. The Balaban J connectivity index is 2.64. The van der Waals surface area contributed by atoms with Crippen molar-refractivity contribution in [2.75, 3.05) is 0 Å². The lowest BCUT2D eigenvalue weighted by molar-refractivity contribution is -0.385. The van der Waals surface area contributed by atoms with Gasteiger partial charge in [-0.15, -0.1) is 0 Å². The number of nitro benzene ring substituents is 1. The number of aromatic amines is 1. The van der Waals surface area contributed by atoms with E-state index in [9.17, 15) is 10.1 Å². The summed E-state index contributed by atoms with van der Waals surface area (Å²) >= 11 is 4.99. The van der Waals surface area contributed by atoms with Crippen LogP contribution in [-0.4, -0.2) is 19.7 Å². The Kier molecular flexibility index (Phi) is 2.76. The summed E-state index contributed by atoms with van der Waals surface area (Å²) in [5, 5.41) is 13.8. The van der Waals surface area contributed by atoms with Crippen molar-refractivity contribution in [3.8, 4) is 11.4 Å². The van der Waals surface area contributed by atoms with E-state index in [1.807, 2.05) is 0 Å². The second kappa shape index (κ2) is 4.10. The Morgan fingerprint density at radius 2 is 2.24 bits per heavy atom. The molecule has 0 saturated carbocycles. The molecule has 1 heterocycles. The third-order valence-electron chi connectivity index (χ3n) is 2.53. The molecule has 0 aliphatic rings. The topological polar surface area (TPSA) is 76.8 Å². The summed E-state index contributed by atoms with van der Waals surface area (Å²) in [4.78, 5) is 14.6. The third kappa shape index (κ3) is 1.96. The fraction of sp³-hybridized carbons (Fsp3) is 0.200. The van der Waals surface area contributed by atoms with Crippen LogP contribution in [0.2, 0.25) is 0 Å². The van der Waals surface area contributed by atoms with Crippen LogP contribution in [0.15, 0.2) is 18.2 Å². The Morgan fingerprint density at radius 1 is 1.53 bits per heavy atom. The molecule has 0 aliphatic carbocycles. The molecule has 1 aromatic heterocycles. The highest BCUT2D eigenvalue weighted by Crippen LogP contribution is 2.27. The highest BCUT2D eigenvalue weighted by molar-refractivity contribution is 7.71. The summed E-state index contributed by atoms with van der Waals surface area (Å²) in [5.41, 5.74) is 1.33. The molecule has 1 N–H and O–H groups in total. The van der Waals surface area contributed by atoms with Crippen LogP contribution in [0.5, 0.6) is 0 Å². The number of aryl methyl sites for hydroxylation is 1. The van der Waals surface area contributed by atoms with E-state index in [0.717, 1.165) is 0 Å². The molecular formula is C10H10N4O2S. The van der Waals surface area contributed by atoms with E-state index in [1.165, 1.54) is 6.07 Å². The number of aromatic nitrogens is 3. The maximum atomic E-state index is 10.8. The van der Waals surface area contributed by atoms with Crippen molar-refractivity contribution >= 4 is 17.9 Å². The number of nitrogens with zero attached hydrogens (tertiary/aromatic N) is 3. The van der Waals surface area contributed by atoms with Gasteiger partial charge in [-0.05, 0) is 19.1 Å². The average molecular weight is 250 g/mol. The van der Waals surface area contributed by atoms with Gasteiger partial charge in [0, 0.05) is 24.2 Å². The maximum absolute atomic E-state index is 10.8. The number of H-pyrrole nitrogens is 1. The predicted molar refractivity (Wildman–Crippen MR) is 65.2 cm³/mol. The molecule has 0 spiro atoms. The first-order valence-corrected chi connectivity index (χ1v) is 5.29. The first-order valence-electron chi connectivity index (χ1n) is 4.88. The zero-order valence-corrected chi connectivity index (χ0v) is 10.1. The van der Waals surface area contributed by atoms with Crippen molar-refractivity contribution in [1.29, 1.82) is 0 Å². The van der Waals surface area contributed by atoms with Crippen LogP contribution in [0, 0.1) is 21.8 Å². The molecule has 7 heteroatoms. The SMILES string of the molecule is Cc1c(-c2nc(=S)n(C)[nH]2)cccc1[N+](=O)[O-]. The lowest BCUT2D eigenvalue weighted by atomic mass is 10.1. The van der Waals surface area contributed by atoms with E-state index in [1.54, 1.807) is 30.8 Å². The lowest BCUT2D eigenvalue weighted by Gasteiger charge is -2.02. The molecule has 2 rings (SSSR count). The molecular weight excluding hydrogens is 240 g/mol. The first-order chi connectivity index (χ1) is 8.00. The van der Waals surface area contributed by atoms with Gasteiger partial charge in [0.1, 0.15) is 0 Å². The highest BCUT2D eigenvalue weighted by atomic mass is 32.1. The molecule has 0 unspecified atom stereocenters. The quantitative estimate of drug-likeness (QED) is 0.504. The van der Waals surface area contributed by atoms with Crippen LogP contribution in [0.4, 0.5) is 5.69 Å². The summed E-state index contributed by atoms with van der Waals surface area (Å²) < 4.78 is 1.99. The van der Waals surface area contributed by atoms with Crippen molar-refractivity contribution in [2.45, 2.75) is 6.92 Å². The van der Waals surface area contributed by atoms with Gasteiger partial charge in [0.05, 0.1) is 4.92 Å². The van der Waals surface area contributed by atoms with Crippen LogP contribution in [0.1, 0.15) is 5.56 Å². The number of benzene rings is 1. The standard InChI is InChI=1S/C10H10N4O2S/c1-6-7(4-3-5-8(6)14(15)16)9-11-10(17)13(2)12-9/h3-5H,1-2H3,(H,11,12,17). The van der Waals surface area contributed by atoms with E-state index in [0.29, 0.717) is 21.7 Å². The summed E-state index contributed by atoms with van der Waals surface area (Å²) in [6.07, 6.45) is 0. The fourth-order valence-electron chi connectivity index (χ4n) is 1.60. The molecule has 0 fully saturated rings. The van der Waals surface area contributed by atoms with Gasteiger partial charge in [0.15, 0.2) is 5.82 Å². The van der Waals surface area contributed by atoms with E-state index in [2.05, 4.69) is 10.1 Å². The highest BCUT2D eigenvalue weighted by Gasteiger charge is 2.16. The Labute approximate surface area is 102 Å². The van der Waals surface area contributed by atoms with E-state index < -0.39 is 4.92 Å². The average Bonchev–Trinajstić information content (AvgIpc) is 2.59. The number of hydrogen-bond acceptors (Lipinski definition) is 4. The second-order valence-electron chi connectivity index (χ2n) is 3.62. The number of rotatable bonds is 2. The van der Waals surface area contributed by atoms with E-state index in [-0.39, 0.29) is 5.69 Å². The van der Waals surface area contributed by atoms with Gasteiger partial charge in [0.2, 0.25) is 4.77 Å². The predicted octanol–water partition coefficient (Wildman–Crippen LogP) is 2.36. The van der Waals surface area contributed by atoms with Gasteiger partial charge in [0.25, 0.3) is 5.69 Å². The minimum Gasteiger partial charge on any atom is -0.279 e. The Hall–Kier alpha value is -2.02. The molecule has 0 radical (unpaired) electrons. The number of nitrogens with one attached hydrogen (secondary N) is 1. The van der Waals surface area contributed by atoms with Gasteiger partial charge in [-0.25, -0.2) is 0 Å². The Bertz CT molecular complexity index is 644. The van der Waals surface area contributed by atoms with Gasteiger partial charge in [-0.2, -0.15) is 4.98 Å². The molecule has 88 valence electrons. The third-order valence-corrected chi connectivity index (χ3v) is 2.89. The van der Waals surface area contributed by atoms with Crippen molar-refractivity contribution in [1.82, 2.24) is 14.8 Å². The van der Waals surface area contributed by atoms with Crippen molar-refractivity contribution < 1.29 is 4.92 Å². The van der Waals surface area contributed by atoms with Gasteiger partial charge >= 0.3 is 0 Å². The summed E-state index contributed by atoms with van der Waals surface area (Å²) in [6.45, 7) is 1.69. The molecule has 2 aromatic rings. The monoisotopic (exact) mass is 250 g/mol. The van der Waals surface area contributed by atoms with E-state index in [4.69, 9.17) is 12.2 Å². The van der Waals surface area contributed by atoms with Crippen LogP contribution in [0.25, 0.3) is 11.4 Å². The molecule has 0 saturated heterocycles. The number of nitro groups is 1. The van der Waals surface area contributed by atoms with E-state index >= 15 is 0 Å². The van der Waals surface area contributed by atoms with Crippen LogP contribution in [0.3, 0.4) is 0 Å². The number of hydrogen-bond donors (Lipinski definition) is 1. The van der Waals surface area contributed by atoms with Crippen molar-refractivity contribution in [3.05, 3.63) is 38.6 Å². The smallest absolute Gasteiger partial charge is 0.273 e. The van der Waals surface area contributed by atoms with Crippen molar-refractivity contribution in [3.63, 3.8) is 0 Å². The minimum absolute atomic E-state index is 0.0764. The molecule has 1 aromatic carbocycles. The van der Waals surface area contributed by atoms with Crippen LogP contribution >= 0.6 is 12.2 Å². The van der Waals surface area contributed by atoms with Gasteiger partial charge < -0.3 is 0 Å². The molecule has 0 amide bonds. The van der Waals surface area contributed by atoms with Gasteiger partial charge in [-0.1, -0.05) is 12.1 Å². The Morgan fingerprint density at radius 3 is 2.76 bits per heavy atom. The zero-order chi connectivity index (χ0) is 12.6. The minimum atomic E-state index is -0.406. The first kappa shape index (κ1) is 11.5. The summed E-state index contributed by atoms with van der Waals surface area (Å²) in [5.74, 6) is 0.540. The van der Waals surface area contributed by atoms with Crippen molar-refractivity contribution in [2.24, 2.45) is 7.05 Å². The molecule has 17 heavy (non-hydrogen) atoms. The largest absolute Gasteiger partial charge is 0.279 e. The summed E-state index contributed by atoms with van der Waals surface area (Å²) in [6, 6.07) is 4.87. The molecule has 0 aliphatic heterocycles. The molecule has 0 atom stereocenters. The van der Waals surface area contributed by atoms with Crippen LogP contribution < -0.4 is 0 Å². The second-order valence-corrected chi connectivity index (χ2v) is 3.99. The lowest BCUT2D eigenvalue weighted by Crippen LogP contribution is -1.95. The maximum Gasteiger partial charge on any atom is 0.273 e. The summed E-state index contributed by atoms with van der Waals surface area (Å²) in [7, 11) is 1.74. The van der Waals surface area contributed by atoms with Gasteiger partial charge in [-0.3, -0.25) is 19.9 Å². The molecule has 0 bridgehead atoms. The normalized spacial score (nSPS) is 10.5. The zero-order valence-electron chi connectivity index (χ0n) is 9.30.